The van der Waals surface area contributed by atoms with E-state index in [9.17, 15) is 4.79 Å². The molecule has 0 aliphatic carbocycles. The fourth-order valence-electron chi connectivity index (χ4n) is 2.03. The summed E-state index contributed by atoms with van der Waals surface area (Å²) in [5.74, 6) is 0.427. The monoisotopic (exact) mass is 270 g/mol. The van der Waals surface area contributed by atoms with Gasteiger partial charge in [0.15, 0.2) is 5.76 Å². The molecule has 0 saturated heterocycles. The fraction of sp³-hybridized carbons (Fsp3) is 0.455. The number of primary amides is 1. The number of nitrogens with zero attached hydrogens (tertiary/aromatic N) is 1. The van der Waals surface area contributed by atoms with Crippen molar-refractivity contribution in [3.63, 3.8) is 0 Å². The summed E-state index contributed by atoms with van der Waals surface area (Å²) in [7, 11) is 0. The minimum atomic E-state index is -0.339. The largest absolute Gasteiger partial charge is 0.369 e. The number of allylic oxidation sites excluding steroid dienone is 1. The number of hydrogen-bond donors (Lipinski definition) is 1. The van der Waals surface area contributed by atoms with Crippen LogP contribution >= 0.6 is 23.5 Å². The summed E-state index contributed by atoms with van der Waals surface area (Å²) in [5.41, 5.74) is 6.15. The van der Waals surface area contributed by atoms with Crippen molar-refractivity contribution < 1.29 is 9.32 Å². The van der Waals surface area contributed by atoms with Crippen LogP contribution in [0, 0.1) is 5.41 Å². The Labute approximate surface area is 108 Å². The lowest BCUT2D eigenvalue weighted by Gasteiger charge is -2.25. The standard InChI is InChI=1S/C11H14N2O2S2/c1-11(2)7(6-4-5-13-15-6)10(16-3)17-8(11)9(12)14/h4-5,8H,1-3H3,(H2,12,14). The molecule has 2 N–H and O–H groups in total. The number of rotatable bonds is 3. The zero-order valence-corrected chi connectivity index (χ0v) is 11.5. The molecule has 0 aromatic carbocycles. The highest BCUT2D eigenvalue weighted by Crippen LogP contribution is 2.57. The van der Waals surface area contributed by atoms with Gasteiger partial charge in [-0.1, -0.05) is 19.0 Å². The SMILES string of the molecule is CSC1=C(c2ccno2)C(C)(C)C(C(N)=O)S1. The first-order valence-electron chi connectivity index (χ1n) is 5.14. The first-order valence-corrected chi connectivity index (χ1v) is 7.24. The highest BCUT2D eigenvalue weighted by molar-refractivity contribution is 8.23. The average molecular weight is 270 g/mol. The second-order valence-electron chi connectivity index (χ2n) is 4.37. The molecule has 1 atom stereocenters. The Morgan fingerprint density at radius 2 is 2.35 bits per heavy atom. The van der Waals surface area contributed by atoms with Crippen LogP contribution in [0.15, 0.2) is 21.0 Å². The second-order valence-corrected chi connectivity index (χ2v) is 6.56. The van der Waals surface area contributed by atoms with Crippen molar-refractivity contribution in [1.82, 2.24) is 5.16 Å². The normalized spacial score (nSPS) is 23.1. The van der Waals surface area contributed by atoms with Crippen LogP contribution in [0.4, 0.5) is 0 Å². The van der Waals surface area contributed by atoms with Crippen molar-refractivity contribution in [2.24, 2.45) is 11.1 Å². The number of amides is 1. The highest BCUT2D eigenvalue weighted by atomic mass is 32.2. The molecule has 0 saturated carbocycles. The summed E-state index contributed by atoms with van der Waals surface area (Å²) in [6.07, 6.45) is 3.59. The van der Waals surface area contributed by atoms with Crippen LogP contribution in [0.2, 0.25) is 0 Å². The number of aromatic nitrogens is 1. The van der Waals surface area contributed by atoms with Crippen LogP contribution in [-0.4, -0.2) is 22.6 Å². The van der Waals surface area contributed by atoms with E-state index in [2.05, 4.69) is 5.16 Å². The van der Waals surface area contributed by atoms with Crippen LogP contribution in [0.3, 0.4) is 0 Å². The molecule has 4 nitrogen and oxygen atoms in total. The summed E-state index contributed by atoms with van der Waals surface area (Å²) in [5, 5.41) is 3.47. The molecule has 92 valence electrons. The van der Waals surface area contributed by atoms with Gasteiger partial charge in [-0.3, -0.25) is 4.79 Å². The summed E-state index contributed by atoms with van der Waals surface area (Å²) in [6.45, 7) is 4.02. The molecule has 1 amide bonds. The highest BCUT2D eigenvalue weighted by Gasteiger charge is 2.47. The molecule has 0 spiro atoms. The van der Waals surface area contributed by atoms with E-state index in [1.165, 1.54) is 11.8 Å². The van der Waals surface area contributed by atoms with Gasteiger partial charge >= 0.3 is 0 Å². The van der Waals surface area contributed by atoms with Gasteiger partial charge in [0, 0.05) is 21.3 Å². The van der Waals surface area contributed by atoms with Crippen molar-refractivity contribution in [3.8, 4) is 0 Å². The smallest absolute Gasteiger partial charge is 0.231 e. The lowest BCUT2D eigenvalue weighted by atomic mass is 9.80. The van der Waals surface area contributed by atoms with E-state index in [0.29, 0.717) is 0 Å². The Hall–Kier alpha value is -0.880. The minimum absolute atomic E-state index is 0.259. The lowest BCUT2D eigenvalue weighted by Crippen LogP contribution is -2.36. The van der Waals surface area contributed by atoms with E-state index in [1.807, 2.05) is 26.2 Å². The number of hydrogen-bond acceptors (Lipinski definition) is 5. The first kappa shape index (κ1) is 12.6. The summed E-state index contributed by atoms with van der Waals surface area (Å²) in [4.78, 5) is 11.5. The molecule has 0 radical (unpaired) electrons. The molecular formula is C11H14N2O2S2. The molecule has 2 heterocycles. The van der Waals surface area contributed by atoms with Gasteiger partial charge in [0.05, 0.1) is 11.4 Å². The maximum Gasteiger partial charge on any atom is 0.231 e. The maximum atomic E-state index is 11.5. The quantitative estimate of drug-likeness (QED) is 0.913. The van der Waals surface area contributed by atoms with Gasteiger partial charge in [-0.15, -0.1) is 23.5 Å². The van der Waals surface area contributed by atoms with Gasteiger partial charge in [0.2, 0.25) is 5.91 Å². The zero-order valence-electron chi connectivity index (χ0n) is 9.89. The fourth-order valence-corrected chi connectivity index (χ4v) is 4.50. The van der Waals surface area contributed by atoms with Crippen LogP contribution in [0.5, 0.6) is 0 Å². The Kier molecular flexibility index (Phi) is 3.27. The van der Waals surface area contributed by atoms with Crippen molar-refractivity contribution in [2.75, 3.05) is 6.26 Å². The van der Waals surface area contributed by atoms with Gasteiger partial charge in [-0.2, -0.15) is 0 Å². The van der Waals surface area contributed by atoms with Gasteiger partial charge < -0.3 is 10.3 Å². The minimum Gasteiger partial charge on any atom is -0.369 e. The molecule has 0 fully saturated rings. The molecule has 1 aliphatic rings. The van der Waals surface area contributed by atoms with E-state index in [-0.39, 0.29) is 16.6 Å². The molecule has 1 aliphatic heterocycles. The summed E-state index contributed by atoms with van der Waals surface area (Å²) < 4.78 is 6.31. The number of carbonyl (C=O) groups excluding carboxylic acids is 1. The third-order valence-electron chi connectivity index (χ3n) is 2.86. The molecular weight excluding hydrogens is 256 g/mol. The van der Waals surface area contributed by atoms with E-state index >= 15 is 0 Å². The van der Waals surface area contributed by atoms with Crippen molar-refractivity contribution in [3.05, 3.63) is 22.3 Å². The van der Waals surface area contributed by atoms with E-state index < -0.39 is 0 Å². The average Bonchev–Trinajstić information content (AvgIpc) is 2.82. The molecule has 1 aromatic heterocycles. The lowest BCUT2D eigenvalue weighted by molar-refractivity contribution is -0.118. The van der Waals surface area contributed by atoms with E-state index in [0.717, 1.165) is 15.6 Å². The third kappa shape index (κ3) is 1.99. The predicted octanol–water partition coefficient (Wildman–Crippen LogP) is 2.33. The Bertz CT molecular complexity index is 466. The van der Waals surface area contributed by atoms with Crippen LogP contribution in [0.25, 0.3) is 5.57 Å². The number of carbonyl (C=O) groups is 1. The third-order valence-corrected chi connectivity index (χ3v) is 5.70. The van der Waals surface area contributed by atoms with Crippen LogP contribution in [0.1, 0.15) is 19.6 Å². The van der Waals surface area contributed by atoms with Gasteiger partial charge in [-0.05, 0) is 6.26 Å². The van der Waals surface area contributed by atoms with Crippen molar-refractivity contribution >= 4 is 35.0 Å². The zero-order chi connectivity index (χ0) is 12.6. The topological polar surface area (TPSA) is 69.1 Å². The summed E-state index contributed by atoms with van der Waals surface area (Å²) in [6, 6.07) is 1.82. The molecule has 1 aromatic rings. The van der Waals surface area contributed by atoms with Crippen molar-refractivity contribution in [1.29, 1.82) is 0 Å². The second kappa shape index (κ2) is 4.42. The maximum absolute atomic E-state index is 11.5. The van der Waals surface area contributed by atoms with E-state index in [4.69, 9.17) is 10.3 Å². The Morgan fingerprint density at radius 1 is 1.65 bits per heavy atom. The Morgan fingerprint density at radius 3 is 2.82 bits per heavy atom. The molecule has 17 heavy (non-hydrogen) atoms. The molecule has 0 bridgehead atoms. The number of thioether (sulfide) groups is 2. The van der Waals surface area contributed by atoms with Gasteiger partial charge in [0.25, 0.3) is 0 Å². The Balaban J connectivity index is 2.49. The van der Waals surface area contributed by atoms with Gasteiger partial charge in [0.1, 0.15) is 0 Å². The van der Waals surface area contributed by atoms with E-state index in [1.54, 1.807) is 18.0 Å². The molecule has 1 unspecified atom stereocenters. The number of nitrogens with two attached hydrogens (primary N) is 1. The van der Waals surface area contributed by atoms with Crippen molar-refractivity contribution in [2.45, 2.75) is 19.1 Å². The first-order chi connectivity index (χ1) is 7.98. The van der Waals surface area contributed by atoms with Crippen LogP contribution < -0.4 is 5.73 Å². The predicted molar refractivity (Wildman–Crippen MR) is 71.3 cm³/mol. The molecule has 6 heteroatoms. The van der Waals surface area contributed by atoms with Crippen LogP contribution in [-0.2, 0) is 4.79 Å². The molecule has 2 rings (SSSR count). The summed E-state index contributed by atoms with van der Waals surface area (Å²) >= 11 is 3.12. The van der Waals surface area contributed by atoms with Gasteiger partial charge in [-0.25, -0.2) is 0 Å².